The highest BCUT2D eigenvalue weighted by Gasteiger charge is 2.53. The normalized spacial score (nSPS) is 18.3. The summed E-state index contributed by atoms with van der Waals surface area (Å²) in [6, 6.07) is 4.07. The van der Waals surface area contributed by atoms with Crippen LogP contribution in [0.2, 0.25) is 0 Å². The molecule has 140 valence electrons. The molecular weight excluding hydrogens is 349 g/mol. The smallest absolute Gasteiger partial charge is 0.398 e. The first-order valence-corrected chi connectivity index (χ1v) is 8.65. The Balaban J connectivity index is 1.85. The Hall–Kier alpha value is -2.43. The maximum atomic E-state index is 14.8. The molecule has 0 amide bonds. The molecule has 0 aliphatic carbocycles. The molecule has 0 N–H and O–H groups in total. The van der Waals surface area contributed by atoms with E-state index >= 15 is 0 Å². The predicted molar refractivity (Wildman–Crippen MR) is 101 cm³/mol. The molecule has 1 aliphatic heterocycles. The summed E-state index contributed by atoms with van der Waals surface area (Å²) in [5.41, 5.74) is -1.09. The molecule has 0 bridgehead atoms. The van der Waals surface area contributed by atoms with E-state index in [1.807, 2.05) is 27.7 Å². The zero-order valence-electron chi connectivity index (χ0n) is 15.8. The molecule has 1 aromatic heterocycles. The second kappa shape index (κ2) is 7.30. The molecule has 3 rings (SSSR count). The van der Waals surface area contributed by atoms with Gasteiger partial charge in [-0.1, -0.05) is 11.8 Å². The van der Waals surface area contributed by atoms with Crippen LogP contribution < -0.4 is 0 Å². The van der Waals surface area contributed by atoms with E-state index in [4.69, 9.17) is 9.31 Å². The highest BCUT2D eigenvalue weighted by Crippen LogP contribution is 2.39. The van der Waals surface area contributed by atoms with E-state index in [0.717, 1.165) is 0 Å². The van der Waals surface area contributed by atoms with Crippen molar-refractivity contribution in [3.8, 4) is 11.8 Å². The van der Waals surface area contributed by atoms with E-state index in [9.17, 15) is 8.78 Å². The number of imidazole rings is 1. The molecule has 4 nitrogen and oxygen atoms in total. The van der Waals surface area contributed by atoms with Gasteiger partial charge in [-0.25, -0.2) is 13.8 Å². The molecule has 1 aromatic carbocycles. The third-order valence-corrected chi connectivity index (χ3v) is 4.83. The Morgan fingerprint density at radius 3 is 2.59 bits per heavy atom. The standard InChI is InChI=1S/C20H21BF2N2O2/c1-19(2)20(3,4)27-21(26-19)18(23)13-16-12-17(22)8-7-15(16)6-5-10-25-11-9-24-14-25/h7-9,11-14H,10H2,1-4H3. The summed E-state index contributed by atoms with van der Waals surface area (Å²) in [4.78, 5) is 3.94. The van der Waals surface area contributed by atoms with Gasteiger partial charge in [-0.15, -0.1) is 0 Å². The van der Waals surface area contributed by atoms with Crippen molar-refractivity contribution in [3.63, 3.8) is 0 Å². The zero-order valence-corrected chi connectivity index (χ0v) is 15.8. The highest BCUT2D eigenvalue weighted by atomic mass is 19.1. The lowest BCUT2D eigenvalue weighted by atomic mass is 9.86. The predicted octanol–water partition coefficient (Wildman–Crippen LogP) is 4.02. The Kier molecular flexibility index (Phi) is 5.23. The van der Waals surface area contributed by atoms with Crippen LogP contribution in [0.3, 0.4) is 0 Å². The van der Waals surface area contributed by atoms with Crippen molar-refractivity contribution in [2.75, 3.05) is 0 Å². The van der Waals surface area contributed by atoms with E-state index in [-0.39, 0.29) is 0 Å². The number of halogens is 2. The van der Waals surface area contributed by atoms with Crippen molar-refractivity contribution in [3.05, 3.63) is 59.6 Å². The monoisotopic (exact) mass is 370 g/mol. The van der Waals surface area contributed by atoms with Crippen LogP contribution in [0.15, 0.2) is 42.6 Å². The Bertz CT molecular complexity index is 896. The molecule has 0 atom stereocenters. The summed E-state index contributed by atoms with van der Waals surface area (Å²) in [5, 5.41) is 0. The Morgan fingerprint density at radius 2 is 1.96 bits per heavy atom. The van der Waals surface area contributed by atoms with Crippen molar-refractivity contribution in [2.24, 2.45) is 0 Å². The van der Waals surface area contributed by atoms with Gasteiger partial charge in [-0.3, -0.25) is 0 Å². The van der Waals surface area contributed by atoms with Gasteiger partial charge in [0.25, 0.3) is 0 Å². The van der Waals surface area contributed by atoms with Crippen molar-refractivity contribution in [1.29, 1.82) is 0 Å². The quantitative estimate of drug-likeness (QED) is 0.605. The summed E-state index contributed by atoms with van der Waals surface area (Å²) < 4.78 is 41.6. The number of nitrogens with zero attached hydrogens (tertiary/aromatic N) is 2. The minimum absolute atomic E-state index is 0.334. The average molecular weight is 370 g/mol. The zero-order chi connectivity index (χ0) is 19.7. The number of hydrogen-bond acceptors (Lipinski definition) is 3. The third kappa shape index (κ3) is 4.29. The minimum atomic E-state index is -1.13. The molecule has 2 aromatic rings. The van der Waals surface area contributed by atoms with Crippen LogP contribution in [0.25, 0.3) is 6.08 Å². The topological polar surface area (TPSA) is 36.3 Å². The molecule has 0 spiro atoms. The van der Waals surface area contributed by atoms with Crippen LogP contribution in [0.1, 0.15) is 38.8 Å². The molecule has 7 heteroatoms. The first-order chi connectivity index (χ1) is 12.7. The SMILES string of the molecule is CC1(C)OB(C(F)=Cc2cc(F)ccc2C#CCn2ccnc2)OC1(C)C. The maximum absolute atomic E-state index is 14.8. The number of rotatable bonds is 3. The molecule has 0 saturated carbocycles. The first kappa shape index (κ1) is 19.3. The van der Waals surface area contributed by atoms with Crippen molar-refractivity contribution in [2.45, 2.75) is 45.4 Å². The molecule has 1 fully saturated rings. The number of aromatic nitrogens is 2. The molecule has 1 aliphatic rings. The fourth-order valence-corrected chi connectivity index (χ4v) is 2.55. The van der Waals surface area contributed by atoms with Crippen molar-refractivity contribution < 1.29 is 18.1 Å². The van der Waals surface area contributed by atoms with Gasteiger partial charge >= 0.3 is 7.12 Å². The summed E-state index contributed by atoms with van der Waals surface area (Å²) in [6.07, 6.45) is 6.32. The van der Waals surface area contributed by atoms with Crippen LogP contribution in [-0.2, 0) is 15.9 Å². The van der Waals surface area contributed by atoms with Crippen LogP contribution in [0.5, 0.6) is 0 Å². The Labute approximate surface area is 158 Å². The van der Waals surface area contributed by atoms with Gasteiger partial charge in [0.15, 0.2) is 0 Å². The molecule has 1 saturated heterocycles. The molecule has 27 heavy (non-hydrogen) atoms. The summed E-state index contributed by atoms with van der Waals surface area (Å²) in [7, 11) is -1.13. The average Bonchev–Trinajstić information content (AvgIpc) is 3.16. The van der Waals surface area contributed by atoms with Gasteiger partial charge in [-0.2, -0.15) is 0 Å². The van der Waals surface area contributed by atoms with E-state index in [2.05, 4.69) is 16.8 Å². The van der Waals surface area contributed by atoms with Crippen molar-refractivity contribution >= 4 is 13.2 Å². The van der Waals surface area contributed by atoms with E-state index in [0.29, 0.717) is 17.7 Å². The third-order valence-electron chi connectivity index (χ3n) is 4.83. The van der Waals surface area contributed by atoms with E-state index < -0.39 is 29.9 Å². The molecule has 0 radical (unpaired) electrons. The van der Waals surface area contributed by atoms with Crippen LogP contribution in [0, 0.1) is 17.7 Å². The van der Waals surface area contributed by atoms with Gasteiger partial charge < -0.3 is 13.9 Å². The molecular formula is C20H21BF2N2O2. The lowest BCUT2D eigenvalue weighted by molar-refractivity contribution is 0.00578. The van der Waals surface area contributed by atoms with Gasteiger partial charge in [-0.05, 0) is 57.5 Å². The second-order valence-corrected chi connectivity index (χ2v) is 7.39. The van der Waals surface area contributed by atoms with Gasteiger partial charge in [0.2, 0.25) is 0 Å². The second-order valence-electron chi connectivity index (χ2n) is 7.39. The fraction of sp³-hybridized carbons (Fsp3) is 0.350. The van der Waals surface area contributed by atoms with Crippen molar-refractivity contribution in [1.82, 2.24) is 9.55 Å². The number of hydrogen-bond donors (Lipinski definition) is 0. The van der Waals surface area contributed by atoms with E-state index in [1.54, 1.807) is 23.3 Å². The van der Waals surface area contributed by atoms with Gasteiger partial charge in [0.05, 0.1) is 24.1 Å². The van der Waals surface area contributed by atoms with Crippen LogP contribution in [-0.4, -0.2) is 27.9 Å². The lowest BCUT2D eigenvalue weighted by Crippen LogP contribution is -2.41. The van der Waals surface area contributed by atoms with Crippen LogP contribution >= 0.6 is 0 Å². The Morgan fingerprint density at radius 1 is 1.26 bits per heavy atom. The largest absolute Gasteiger partial charge is 0.525 e. The van der Waals surface area contributed by atoms with E-state index in [1.165, 1.54) is 24.3 Å². The first-order valence-electron chi connectivity index (χ1n) is 8.65. The molecule has 2 heterocycles. The van der Waals surface area contributed by atoms with Gasteiger partial charge in [0.1, 0.15) is 11.5 Å². The minimum Gasteiger partial charge on any atom is -0.398 e. The maximum Gasteiger partial charge on any atom is 0.525 e. The fourth-order valence-electron chi connectivity index (χ4n) is 2.55. The summed E-state index contributed by atoms with van der Waals surface area (Å²) in [6.45, 7) is 7.80. The highest BCUT2D eigenvalue weighted by molar-refractivity contribution is 6.54. The van der Waals surface area contributed by atoms with Gasteiger partial charge in [0, 0.05) is 18.0 Å². The van der Waals surface area contributed by atoms with Crippen LogP contribution in [0.4, 0.5) is 8.78 Å². The summed E-state index contributed by atoms with van der Waals surface area (Å²) >= 11 is 0. The number of benzene rings is 1. The molecule has 0 unspecified atom stereocenters. The summed E-state index contributed by atoms with van der Waals surface area (Å²) in [5.74, 6) is 5.45. The lowest BCUT2D eigenvalue weighted by Gasteiger charge is -2.32.